The van der Waals surface area contributed by atoms with Gasteiger partial charge in [0.1, 0.15) is 22.5 Å². The number of nitrogens with zero attached hydrogens (tertiary/aromatic N) is 6. The summed E-state index contributed by atoms with van der Waals surface area (Å²) in [7, 11) is 1.43. The van der Waals surface area contributed by atoms with Crippen molar-refractivity contribution in [2.24, 2.45) is 0 Å². The standard InChI is InChI=1S/C25H29F4N7O2/c1-14-30-21-17(26)10-15(11-18(21)35(14)12-20(27)28)16-4-7-36-22(16)23(38-3)32-24(33-36)31-19-5-6-34(8-9-37)13-25(19,2)29/h4,7,10-11,19-20,37H,5-6,8-9,12-13H2,1-3H3,(H,31,33)/t19-,25?/m1/s1. The number of aromatic nitrogens is 5. The van der Waals surface area contributed by atoms with E-state index in [-0.39, 0.29) is 41.8 Å². The number of rotatable bonds is 8. The molecule has 0 bridgehead atoms. The molecular formula is C25H29F4N7O2. The van der Waals surface area contributed by atoms with E-state index in [1.807, 2.05) is 4.90 Å². The number of hydrogen-bond donors (Lipinski definition) is 2. The van der Waals surface area contributed by atoms with E-state index < -0.39 is 30.5 Å². The summed E-state index contributed by atoms with van der Waals surface area (Å²) < 4.78 is 65.1. The summed E-state index contributed by atoms with van der Waals surface area (Å²) in [5.74, 6) is -0.00973. The van der Waals surface area contributed by atoms with Crippen LogP contribution in [0, 0.1) is 12.7 Å². The first-order chi connectivity index (χ1) is 18.1. The average Bonchev–Trinajstić information content (AvgIpc) is 3.41. The number of ether oxygens (including phenoxy) is 1. The number of β-amino-alcohol motifs (C(OH)–C–C–N with tert-alkyl or cyclic N) is 1. The van der Waals surface area contributed by atoms with Crippen molar-refractivity contribution in [2.75, 3.05) is 38.7 Å². The predicted octanol–water partition coefficient (Wildman–Crippen LogP) is 3.67. The Morgan fingerprint density at radius 2 is 2.08 bits per heavy atom. The molecule has 2 N–H and O–H groups in total. The second-order valence-corrected chi connectivity index (χ2v) is 9.72. The lowest BCUT2D eigenvalue weighted by atomic mass is 9.91. The number of halogens is 4. The first-order valence-corrected chi connectivity index (χ1v) is 12.3. The fourth-order valence-corrected chi connectivity index (χ4v) is 5.20. The third-order valence-corrected chi connectivity index (χ3v) is 7.02. The van der Waals surface area contributed by atoms with E-state index in [0.717, 1.165) is 0 Å². The van der Waals surface area contributed by atoms with Crippen molar-refractivity contribution < 1.29 is 27.4 Å². The van der Waals surface area contributed by atoms with E-state index in [1.54, 1.807) is 25.3 Å². The van der Waals surface area contributed by atoms with Gasteiger partial charge in [0.25, 0.3) is 6.43 Å². The first-order valence-electron chi connectivity index (χ1n) is 12.3. The van der Waals surface area contributed by atoms with E-state index in [9.17, 15) is 13.9 Å². The van der Waals surface area contributed by atoms with Crippen LogP contribution in [-0.2, 0) is 6.54 Å². The van der Waals surface area contributed by atoms with Crippen molar-refractivity contribution in [1.29, 1.82) is 0 Å². The maximum atomic E-state index is 15.4. The quantitative estimate of drug-likeness (QED) is 0.333. The molecule has 204 valence electrons. The van der Waals surface area contributed by atoms with Gasteiger partial charge in [0.15, 0.2) is 5.82 Å². The number of imidazole rings is 1. The summed E-state index contributed by atoms with van der Waals surface area (Å²) in [6, 6.07) is 4.03. The van der Waals surface area contributed by atoms with Crippen molar-refractivity contribution >= 4 is 22.5 Å². The van der Waals surface area contributed by atoms with Gasteiger partial charge in [0, 0.05) is 31.4 Å². The van der Waals surface area contributed by atoms with Crippen LogP contribution in [0.15, 0.2) is 24.4 Å². The summed E-state index contributed by atoms with van der Waals surface area (Å²) >= 11 is 0. The minimum Gasteiger partial charge on any atom is -0.479 e. The number of methoxy groups -OCH3 is 1. The Labute approximate surface area is 216 Å². The van der Waals surface area contributed by atoms with Crippen LogP contribution in [0.1, 0.15) is 19.2 Å². The van der Waals surface area contributed by atoms with Gasteiger partial charge in [-0.2, -0.15) is 4.98 Å². The fourth-order valence-electron chi connectivity index (χ4n) is 5.20. The number of aliphatic hydroxyl groups is 1. The molecule has 0 aliphatic carbocycles. The van der Waals surface area contributed by atoms with Crippen LogP contribution in [0.2, 0.25) is 0 Å². The SMILES string of the molecule is COc1nc(N[C@@H]2CCN(CCO)CC2(C)F)nn2ccc(-c3cc(F)c4nc(C)n(CC(F)F)c4c3)c12. The molecule has 1 unspecified atom stereocenters. The molecule has 4 aromatic rings. The smallest absolute Gasteiger partial charge is 0.256 e. The fraction of sp³-hybridized carbons (Fsp3) is 0.480. The van der Waals surface area contributed by atoms with Crippen LogP contribution in [0.4, 0.5) is 23.5 Å². The third kappa shape index (κ3) is 4.75. The van der Waals surface area contributed by atoms with Crippen LogP contribution in [0.5, 0.6) is 5.88 Å². The second-order valence-electron chi connectivity index (χ2n) is 9.72. The highest BCUT2D eigenvalue weighted by Gasteiger charge is 2.40. The van der Waals surface area contributed by atoms with Gasteiger partial charge in [-0.1, -0.05) is 0 Å². The van der Waals surface area contributed by atoms with E-state index in [0.29, 0.717) is 36.2 Å². The van der Waals surface area contributed by atoms with Crippen LogP contribution < -0.4 is 10.1 Å². The summed E-state index contributed by atoms with van der Waals surface area (Å²) in [5.41, 5.74) is 0.0729. The molecule has 1 aliphatic heterocycles. The molecule has 38 heavy (non-hydrogen) atoms. The van der Waals surface area contributed by atoms with Gasteiger partial charge >= 0.3 is 0 Å². The van der Waals surface area contributed by atoms with E-state index in [4.69, 9.17) is 4.74 Å². The highest BCUT2D eigenvalue weighted by atomic mass is 19.3. The van der Waals surface area contributed by atoms with Crippen molar-refractivity contribution in [3.05, 3.63) is 36.0 Å². The Bertz CT molecular complexity index is 1470. The molecule has 4 heterocycles. The predicted molar refractivity (Wildman–Crippen MR) is 134 cm³/mol. The number of aryl methyl sites for hydroxylation is 1. The minimum atomic E-state index is -2.62. The number of alkyl halides is 3. The number of nitrogens with one attached hydrogen (secondary N) is 1. The van der Waals surface area contributed by atoms with Crippen LogP contribution in [0.3, 0.4) is 0 Å². The molecule has 13 heteroatoms. The molecule has 1 aliphatic rings. The molecule has 0 radical (unpaired) electrons. The number of benzene rings is 1. The van der Waals surface area contributed by atoms with Gasteiger partial charge in [-0.05, 0) is 44.0 Å². The van der Waals surface area contributed by atoms with Crippen molar-refractivity contribution in [3.8, 4) is 17.0 Å². The Hall–Kier alpha value is -3.45. The lowest BCUT2D eigenvalue weighted by molar-refractivity contribution is 0.0395. The number of fused-ring (bicyclic) bond motifs is 2. The van der Waals surface area contributed by atoms with Gasteiger partial charge in [0.2, 0.25) is 11.8 Å². The molecule has 2 atom stereocenters. The van der Waals surface area contributed by atoms with Gasteiger partial charge < -0.3 is 19.7 Å². The van der Waals surface area contributed by atoms with Gasteiger partial charge in [-0.25, -0.2) is 27.1 Å². The Morgan fingerprint density at radius 1 is 1.29 bits per heavy atom. The number of aliphatic hydroxyl groups excluding tert-OH is 1. The molecule has 0 amide bonds. The third-order valence-electron chi connectivity index (χ3n) is 7.02. The molecule has 9 nitrogen and oxygen atoms in total. The largest absolute Gasteiger partial charge is 0.479 e. The zero-order valence-corrected chi connectivity index (χ0v) is 21.3. The summed E-state index contributed by atoms with van der Waals surface area (Å²) in [6.07, 6.45) is -0.498. The molecule has 0 spiro atoms. The number of hydrogen-bond acceptors (Lipinski definition) is 7. The maximum Gasteiger partial charge on any atom is 0.256 e. The zero-order chi connectivity index (χ0) is 27.2. The van der Waals surface area contributed by atoms with E-state index in [1.165, 1.54) is 29.2 Å². The number of anilines is 1. The van der Waals surface area contributed by atoms with Crippen molar-refractivity contribution in [1.82, 2.24) is 29.0 Å². The molecule has 3 aromatic heterocycles. The average molecular weight is 536 g/mol. The Morgan fingerprint density at radius 3 is 2.76 bits per heavy atom. The molecule has 0 saturated carbocycles. The first kappa shape index (κ1) is 26.2. The summed E-state index contributed by atoms with van der Waals surface area (Å²) in [5, 5.41) is 16.7. The summed E-state index contributed by atoms with van der Waals surface area (Å²) in [4.78, 5) is 10.4. The lowest BCUT2D eigenvalue weighted by Crippen LogP contribution is -2.55. The second kappa shape index (κ2) is 10.0. The minimum absolute atomic E-state index is 0.0180. The molecule has 5 rings (SSSR count). The van der Waals surface area contributed by atoms with Gasteiger partial charge in [0.05, 0.1) is 31.8 Å². The molecule has 1 aromatic carbocycles. The van der Waals surface area contributed by atoms with Gasteiger partial charge in [-0.15, -0.1) is 5.10 Å². The zero-order valence-electron chi connectivity index (χ0n) is 21.3. The van der Waals surface area contributed by atoms with E-state index >= 15 is 8.78 Å². The van der Waals surface area contributed by atoms with Crippen LogP contribution in [0.25, 0.3) is 27.7 Å². The Kier molecular flexibility index (Phi) is 6.90. The lowest BCUT2D eigenvalue weighted by Gasteiger charge is -2.41. The van der Waals surface area contributed by atoms with Crippen LogP contribution >= 0.6 is 0 Å². The van der Waals surface area contributed by atoms with Crippen molar-refractivity contribution in [2.45, 2.75) is 44.9 Å². The molecular weight excluding hydrogens is 506 g/mol. The van der Waals surface area contributed by atoms with Crippen LogP contribution in [-0.4, -0.2) is 85.6 Å². The molecule has 1 fully saturated rings. The highest BCUT2D eigenvalue weighted by molar-refractivity contribution is 5.90. The normalized spacial score (nSPS) is 20.6. The van der Waals surface area contributed by atoms with Crippen molar-refractivity contribution in [3.63, 3.8) is 0 Å². The maximum absolute atomic E-state index is 15.4. The van der Waals surface area contributed by atoms with E-state index in [2.05, 4.69) is 20.4 Å². The Balaban J connectivity index is 1.51. The summed E-state index contributed by atoms with van der Waals surface area (Å²) in [6.45, 7) is 3.60. The number of likely N-dealkylation sites (tertiary alicyclic amines) is 1. The monoisotopic (exact) mass is 535 g/mol. The topological polar surface area (TPSA) is 92.7 Å². The molecule has 1 saturated heterocycles. The highest BCUT2D eigenvalue weighted by Crippen LogP contribution is 2.35. The number of piperidine rings is 1. The van der Waals surface area contributed by atoms with Gasteiger partial charge in [-0.3, -0.25) is 4.90 Å².